The Bertz CT molecular complexity index is 396. The monoisotopic (exact) mass is 262 g/mol. The fourth-order valence-corrected chi connectivity index (χ4v) is 1.61. The summed E-state index contributed by atoms with van der Waals surface area (Å²) >= 11 is 10.5. The van der Waals surface area contributed by atoms with Gasteiger partial charge in [-0.2, -0.15) is 0 Å². The van der Waals surface area contributed by atoms with Crippen molar-refractivity contribution in [3.05, 3.63) is 29.1 Å². The van der Waals surface area contributed by atoms with E-state index in [2.05, 4.69) is 0 Å². The average molecular weight is 263 g/mol. The molecule has 0 bridgehead atoms. The zero-order chi connectivity index (χ0) is 12.1. The van der Waals surface area contributed by atoms with Crippen LogP contribution in [-0.4, -0.2) is 24.6 Å². The molecular formula is C11H12ClFO2S. The Morgan fingerprint density at radius 3 is 2.75 bits per heavy atom. The van der Waals surface area contributed by atoms with Crippen molar-refractivity contribution in [2.45, 2.75) is 6.92 Å². The van der Waals surface area contributed by atoms with Crippen molar-refractivity contribution in [2.24, 2.45) is 0 Å². The molecule has 0 unspecified atom stereocenters. The molecule has 0 radical (unpaired) electrons. The van der Waals surface area contributed by atoms with Gasteiger partial charge in [0.2, 0.25) is 0 Å². The Morgan fingerprint density at radius 2 is 2.19 bits per heavy atom. The van der Waals surface area contributed by atoms with Crippen molar-refractivity contribution in [3.8, 4) is 5.75 Å². The van der Waals surface area contributed by atoms with Crippen LogP contribution in [0.4, 0.5) is 4.39 Å². The van der Waals surface area contributed by atoms with E-state index >= 15 is 0 Å². The van der Waals surface area contributed by atoms with Crippen molar-refractivity contribution < 1.29 is 13.9 Å². The average Bonchev–Trinajstić information content (AvgIpc) is 2.28. The highest BCUT2D eigenvalue weighted by Gasteiger charge is 2.14. The highest BCUT2D eigenvalue weighted by Crippen LogP contribution is 2.26. The molecule has 0 fully saturated rings. The summed E-state index contributed by atoms with van der Waals surface area (Å²) in [6, 6.07) is 2.88. The number of benzene rings is 1. The van der Waals surface area contributed by atoms with Crippen LogP contribution in [0.25, 0.3) is 0 Å². The maximum Gasteiger partial charge on any atom is 0.191 e. The van der Waals surface area contributed by atoms with Crippen LogP contribution >= 0.6 is 23.8 Å². The number of rotatable bonds is 4. The first-order chi connectivity index (χ1) is 7.61. The molecule has 0 aromatic heterocycles. The second-order valence-electron chi connectivity index (χ2n) is 3.08. The molecule has 0 aliphatic heterocycles. The molecule has 0 saturated carbocycles. The van der Waals surface area contributed by atoms with Crippen molar-refractivity contribution in [2.75, 3.05) is 19.6 Å². The van der Waals surface area contributed by atoms with E-state index in [9.17, 15) is 4.39 Å². The van der Waals surface area contributed by atoms with E-state index in [-0.39, 0.29) is 12.4 Å². The minimum atomic E-state index is -0.426. The van der Waals surface area contributed by atoms with Gasteiger partial charge in [-0.05, 0) is 31.3 Å². The van der Waals surface area contributed by atoms with Gasteiger partial charge in [-0.3, -0.25) is 0 Å². The Morgan fingerprint density at radius 1 is 1.50 bits per heavy atom. The largest absolute Gasteiger partial charge is 0.489 e. The van der Waals surface area contributed by atoms with Gasteiger partial charge < -0.3 is 9.47 Å². The lowest BCUT2D eigenvalue weighted by Crippen LogP contribution is -2.07. The second-order valence-corrected chi connectivity index (χ2v) is 3.83. The molecule has 1 aromatic rings. The van der Waals surface area contributed by atoms with Gasteiger partial charge in [0.1, 0.15) is 6.61 Å². The number of methoxy groups -OCH3 is 1. The minimum absolute atomic E-state index is 0.178. The number of hydrogen-bond acceptors (Lipinski definition) is 3. The van der Waals surface area contributed by atoms with Crippen LogP contribution in [0.15, 0.2) is 12.1 Å². The molecule has 0 N–H and O–H groups in total. The molecule has 0 amide bonds. The maximum absolute atomic E-state index is 13.5. The van der Waals surface area contributed by atoms with Gasteiger partial charge in [0.25, 0.3) is 0 Å². The fraction of sp³-hybridized carbons (Fsp3) is 0.364. The van der Waals surface area contributed by atoms with E-state index in [0.29, 0.717) is 22.1 Å². The molecule has 0 atom stereocenters. The van der Waals surface area contributed by atoms with Gasteiger partial charge >= 0.3 is 0 Å². The van der Waals surface area contributed by atoms with E-state index in [1.54, 1.807) is 13.0 Å². The van der Waals surface area contributed by atoms with Crippen LogP contribution in [0.3, 0.4) is 0 Å². The molecule has 2 nitrogen and oxygen atoms in total. The third-order valence-corrected chi connectivity index (χ3v) is 2.63. The summed E-state index contributed by atoms with van der Waals surface area (Å²) in [7, 11) is 1.48. The first-order valence-corrected chi connectivity index (χ1v) is 5.62. The predicted octanol–water partition coefficient (Wildman–Crippen LogP) is 3.07. The lowest BCUT2D eigenvalue weighted by molar-refractivity contribution is 0.321. The molecule has 0 aliphatic rings. The number of alkyl halides is 1. The third-order valence-electron chi connectivity index (χ3n) is 2.09. The normalized spacial score (nSPS) is 10.0. The van der Waals surface area contributed by atoms with Gasteiger partial charge in [0.15, 0.2) is 16.6 Å². The van der Waals surface area contributed by atoms with Gasteiger partial charge in [-0.25, -0.2) is 4.39 Å². The molecule has 1 rings (SSSR count). The standard InChI is InChI=1S/C11H12ClFO2S/c1-7-8(11(16)14-2)3-4-9(13)10(7)15-6-5-12/h3-4H,5-6H2,1-2H3. The van der Waals surface area contributed by atoms with E-state index in [1.165, 1.54) is 13.2 Å². The number of ether oxygens (including phenoxy) is 2. The lowest BCUT2D eigenvalue weighted by Gasteiger charge is -2.13. The minimum Gasteiger partial charge on any atom is -0.489 e. The summed E-state index contributed by atoms with van der Waals surface area (Å²) in [5.41, 5.74) is 1.28. The Labute approximate surface area is 104 Å². The molecule has 0 aliphatic carbocycles. The molecule has 5 heteroatoms. The Balaban J connectivity index is 3.11. The molecule has 0 heterocycles. The summed E-state index contributed by atoms with van der Waals surface area (Å²) in [4.78, 5) is 0. The van der Waals surface area contributed by atoms with Gasteiger partial charge in [-0.15, -0.1) is 11.6 Å². The van der Waals surface area contributed by atoms with Crippen molar-refractivity contribution >= 4 is 28.9 Å². The van der Waals surface area contributed by atoms with Gasteiger partial charge in [-0.1, -0.05) is 0 Å². The lowest BCUT2D eigenvalue weighted by atomic mass is 10.1. The molecular weight excluding hydrogens is 251 g/mol. The van der Waals surface area contributed by atoms with Crippen LogP contribution in [0, 0.1) is 12.7 Å². The summed E-state index contributed by atoms with van der Waals surface area (Å²) in [5, 5.41) is 0.313. The van der Waals surface area contributed by atoms with Crippen LogP contribution in [0.2, 0.25) is 0 Å². The molecule has 0 saturated heterocycles. The van der Waals surface area contributed by atoms with Gasteiger partial charge in [0.05, 0.1) is 13.0 Å². The van der Waals surface area contributed by atoms with Crippen LogP contribution in [-0.2, 0) is 4.74 Å². The van der Waals surface area contributed by atoms with E-state index in [0.717, 1.165) is 0 Å². The first kappa shape index (κ1) is 13.2. The van der Waals surface area contributed by atoms with E-state index in [4.69, 9.17) is 33.3 Å². The second kappa shape index (κ2) is 6.01. The topological polar surface area (TPSA) is 18.5 Å². The Hall–Kier alpha value is -0.870. The van der Waals surface area contributed by atoms with E-state index < -0.39 is 5.82 Å². The third kappa shape index (κ3) is 2.83. The molecule has 0 spiro atoms. The predicted molar refractivity (Wildman–Crippen MR) is 66.1 cm³/mol. The number of thiocarbonyl (C=S) groups is 1. The maximum atomic E-state index is 13.5. The SMILES string of the molecule is COC(=S)c1ccc(F)c(OCCCl)c1C. The summed E-state index contributed by atoms with van der Waals surface area (Å²) in [6.07, 6.45) is 0. The van der Waals surface area contributed by atoms with E-state index in [1.807, 2.05) is 0 Å². The highest BCUT2D eigenvalue weighted by molar-refractivity contribution is 7.80. The van der Waals surface area contributed by atoms with Crippen LogP contribution < -0.4 is 4.74 Å². The Kier molecular flexibility index (Phi) is 4.96. The molecule has 16 heavy (non-hydrogen) atoms. The summed E-state index contributed by atoms with van der Waals surface area (Å²) < 4.78 is 23.6. The van der Waals surface area contributed by atoms with Crippen molar-refractivity contribution in [3.63, 3.8) is 0 Å². The van der Waals surface area contributed by atoms with Crippen molar-refractivity contribution in [1.82, 2.24) is 0 Å². The van der Waals surface area contributed by atoms with Crippen LogP contribution in [0.1, 0.15) is 11.1 Å². The highest BCUT2D eigenvalue weighted by atomic mass is 35.5. The van der Waals surface area contributed by atoms with Crippen LogP contribution in [0.5, 0.6) is 5.75 Å². The first-order valence-electron chi connectivity index (χ1n) is 4.68. The number of halogens is 2. The molecule has 1 aromatic carbocycles. The van der Waals surface area contributed by atoms with Crippen molar-refractivity contribution in [1.29, 1.82) is 0 Å². The zero-order valence-electron chi connectivity index (χ0n) is 9.05. The number of hydrogen-bond donors (Lipinski definition) is 0. The fourth-order valence-electron chi connectivity index (χ4n) is 1.31. The quantitative estimate of drug-likeness (QED) is 0.614. The zero-order valence-corrected chi connectivity index (χ0v) is 10.6. The van der Waals surface area contributed by atoms with Gasteiger partial charge in [0, 0.05) is 11.1 Å². The molecule has 88 valence electrons. The smallest absolute Gasteiger partial charge is 0.191 e. The summed E-state index contributed by atoms with van der Waals surface area (Å²) in [5.74, 6) is 0.0560. The summed E-state index contributed by atoms with van der Waals surface area (Å²) in [6.45, 7) is 1.98.